The molecule has 0 saturated carbocycles. The molecule has 68 valence electrons. The van der Waals surface area contributed by atoms with E-state index in [1.165, 1.54) is 0 Å². The zero-order chi connectivity index (χ0) is 9.26. The van der Waals surface area contributed by atoms with Crippen molar-refractivity contribution in [3.05, 3.63) is 30.2 Å². The second-order valence-electron chi connectivity index (χ2n) is 3.11. The molecule has 0 amide bonds. The van der Waals surface area contributed by atoms with Crippen LogP contribution in [0.2, 0.25) is 0 Å². The van der Waals surface area contributed by atoms with E-state index in [-0.39, 0.29) is 6.10 Å². The predicted octanol–water partition coefficient (Wildman–Crippen LogP) is 0.653. The third-order valence-electron chi connectivity index (χ3n) is 1.79. The second-order valence-corrected chi connectivity index (χ2v) is 3.11. The lowest BCUT2D eigenvalue weighted by Crippen LogP contribution is -2.04. The van der Waals surface area contributed by atoms with E-state index in [4.69, 9.17) is 5.11 Å². The van der Waals surface area contributed by atoms with E-state index in [1.54, 1.807) is 17.6 Å². The summed E-state index contributed by atoms with van der Waals surface area (Å²) in [5.41, 5.74) is 1.69. The van der Waals surface area contributed by atoms with Crippen LogP contribution in [0.1, 0.15) is 12.6 Å². The van der Waals surface area contributed by atoms with Crippen LogP contribution in [-0.2, 0) is 6.42 Å². The number of rotatable bonds is 2. The van der Waals surface area contributed by atoms with Gasteiger partial charge in [0.1, 0.15) is 0 Å². The number of aromatic nitrogens is 3. The molecule has 13 heavy (non-hydrogen) atoms. The van der Waals surface area contributed by atoms with Gasteiger partial charge in [0.15, 0.2) is 5.65 Å². The van der Waals surface area contributed by atoms with Crippen molar-refractivity contribution in [2.24, 2.45) is 0 Å². The summed E-state index contributed by atoms with van der Waals surface area (Å²) in [5.74, 6) is 0. The van der Waals surface area contributed by atoms with Crippen molar-refractivity contribution in [3.63, 3.8) is 0 Å². The fourth-order valence-electron chi connectivity index (χ4n) is 1.28. The third kappa shape index (κ3) is 1.67. The minimum Gasteiger partial charge on any atom is -0.393 e. The fraction of sp³-hybridized carbons (Fsp3) is 0.333. The van der Waals surface area contributed by atoms with Crippen LogP contribution in [0.4, 0.5) is 0 Å². The van der Waals surface area contributed by atoms with Crippen molar-refractivity contribution in [3.8, 4) is 0 Å². The molecule has 2 aromatic heterocycles. The Bertz CT molecular complexity index is 375. The minimum atomic E-state index is -0.357. The first-order valence-electron chi connectivity index (χ1n) is 4.23. The van der Waals surface area contributed by atoms with Gasteiger partial charge < -0.3 is 5.11 Å². The van der Waals surface area contributed by atoms with Crippen molar-refractivity contribution in [1.82, 2.24) is 14.6 Å². The van der Waals surface area contributed by atoms with Crippen LogP contribution in [0.5, 0.6) is 0 Å². The molecular formula is C9H11N3O. The van der Waals surface area contributed by atoms with Gasteiger partial charge in [0.2, 0.25) is 0 Å². The minimum absolute atomic E-state index is 0.357. The van der Waals surface area contributed by atoms with Gasteiger partial charge in [-0.25, -0.2) is 9.50 Å². The average molecular weight is 177 g/mol. The highest BCUT2D eigenvalue weighted by atomic mass is 16.3. The van der Waals surface area contributed by atoms with Crippen LogP contribution in [0.25, 0.3) is 5.65 Å². The van der Waals surface area contributed by atoms with E-state index >= 15 is 0 Å². The number of fused-ring (bicyclic) bond motifs is 1. The molecule has 0 spiro atoms. The number of nitrogens with zero attached hydrogens (tertiary/aromatic N) is 3. The van der Waals surface area contributed by atoms with E-state index in [9.17, 15) is 0 Å². The molecule has 0 saturated heterocycles. The Labute approximate surface area is 75.8 Å². The maximum absolute atomic E-state index is 9.16. The maximum atomic E-state index is 9.16. The van der Waals surface area contributed by atoms with E-state index in [0.29, 0.717) is 6.42 Å². The fourth-order valence-corrected chi connectivity index (χ4v) is 1.28. The van der Waals surface area contributed by atoms with Gasteiger partial charge in [-0.3, -0.25) is 0 Å². The first-order chi connectivity index (χ1) is 6.25. The van der Waals surface area contributed by atoms with Gasteiger partial charge in [-0.15, -0.1) is 0 Å². The van der Waals surface area contributed by atoms with E-state index < -0.39 is 0 Å². The Morgan fingerprint density at radius 2 is 2.46 bits per heavy atom. The molecule has 0 bridgehead atoms. The summed E-state index contributed by atoms with van der Waals surface area (Å²) in [6.45, 7) is 1.75. The van der Waals surface area contributed by atoms with Crippen LogP contribution in [0, 0.1) is 0 Å². The largest absolute Gasteiger partial charge is 0.393 e. The normalized spacial score (nSPS) is 13.4. The molecule has 0 radical (unpaired) electrons. The zero-order valence-electron chi connectivity index (χ0n) is 7.38. The lowest BCUT2D eigenvalue weighted by Gasteiger charge is -1.97. The Morgan fingerprint density at radius 1 is 1.62 bits per heavy atom. The highest BCUT2D eigenvalue weighted by molar-refractivity contribution is 5.38. The van der Waals surface area contributed by atoms with Crippen molar-refractivity contribution in [2.75, 3.05) is 0 Å². The van der Waals surface area contributed by atoms with Crippen molar-refractivity contribution >= 4 is 5.65 Å². The molecule has 0 aliphatic rings. The molecule has 4 heteroatoms. The molecular weight excluding hydrogens is 166 g/mol. The molecule has 0 aromatic carbocycles. The second kappa shape index (κ2) is 3.14. The van der Waals surface area contributed by atoms with Gasteiger partial charge in [-0.05, 0) is 13.0 Å². The van der Waals surface area contributed by atoms with E-state index in [1.807, 2.05) is 18.3 Å². The Kier molecular flexibility index (Phi) is 1.98. The molecule has 0 aliphatic heterocycles. The zero-order valence-corrected chi connectivity index (χ0v) is 7.38. The van der Waals surface area contributed by atoms with E-state index in [0.717, 1.165) is 11.3 Å². The van der Waals surface area contributed by atoms with Gasteiger partial charge in [-0.1, -0.05) is 0 Å². The number of aliphatic hydroxyl groups excluding tert-OH is 1. The summed E-state index contributed by atoms with van der Waals surface area (Å²) in [6, 6.07) is 3.71. The topological polar surface area (TPSA) is 50.4 Å². The first-order valence-corrected chi connectivity index (χ1v) is 4.23. The summed E-state index contributed by atoms with van der Waals surface area (Å²) < 4.78 is 1.71. The van der Waals surface area contributed by atoms with Crippen molar-refractivity contribution < 1.29 is 5.11 Å². The molecule has 2 rings (SSSR count). The van der Waals surface area contributed by atoms with Crippen molar-refractivity contribution in [2.45, 2.75) is 19.4 Å². The van der Waals surface area contributed by atoms with Crippen LogP contribution < -0.4 is 0 Å². The molecule has 1 atom stereocenters. The molecule has 4 nitrogen and oxygen atoms in total. The van der Waals surface area contributed by atoms with Gasteiger partial charge in [0.05, 0.1) is 11.8 Å². The molecule has 0 aliphatic carbocycles. The molecule has 0 unspecified atom stereocenters. The standard InChI is InChI=1S/C9H11N3O/c1-7(13)5-8-6-9-10-3-2-4-12(9)11-8/h2-4,6-7,13H,5H2,1H3/t7-/m1/s1. The molecule has 2 heterocycles. The monoisotopic (exact) mass is 177 g/mol. The summed E-state index contributed by atoms with van der Waals surface area (Å²) in [6.07, 6.45) is 3.78. The van der Waals surface area contributed by atoms with Gasteiger partial charge in [-0.2, -0.15) is 5.10 Å². The average Bonchev–Trinajstić information content (AvgIpc) is 2.44. The van der Waals surface area contributed by atoms with Gasteiger partial charge >= 0.3 is 0 Å². The smallest absolute Gasteiger partial charge is 0.155 e. The molecule has 1 N–H and O–H groups in total. The molecule has 0 fully saturated rings. The summed E-state index contributed by atoms with van der Waals surface area (Å²) in [5, 5.41) is 13.4. The maximum Gasteiger partial charge on any atom is 0.155 e. The SMILES string of the molecule is C[C@@H](O)Cc1cc2ncccn2n1. The Balaban J connectivity index is 2.38. The number of aliphatic hydroxyl groups is 1. The molecule has 2 aromatic rings. The van der Waals surface area contributed by atoms with Crippen LogP contribution in [-0.4, -0.2) is 25.8 Å². The summed E-state index contributed by atoms with van der Waals surface area (Å²) in [4.78, 5) is 4.13. The number of hydrogen-bond acceptors (Lipinski definition) is 3. The van der Waals surface area contributed by atoms with Crippen molar-refractivity contribution in [1.29, 1.82) is 0 Å². The number of hydrogen-bond donors (Lipinski definition) is 1. The Morgan fingerprint density at radius 3 is 3.15 bits per heavy atom. The van der Waals surface area contributed by atoms with Crippen LogP contribution in [0.3, 0.4) is 0 Å². The summed E-state index contributed by atoms with van der Waals surface area (Å²) in [7, 11) is 0. The van der Waals surface area contributed by atoms with E-state index in [2.05, 4.69) is 10.1 Å². The predicted molar refractivity (Wildman–Crippen MR) is 48.4 cm³/mol. The highest BCUT2D eigenvalue weighted by Gasteiger charge is 2.04. The first kappa shape index (κ1) is 8.19. The lowest BCUT2D eigenvalue weighted by molar-refractivity contribution is 0.194. The summed E-state index contributed by atoms with van der Waals surface area (Å²) >= 11 is 0. The van der Waals surface area contributed by atoms with Gasteiger partial charge in [0.25, 0.3) is 0 Å². The highest BCUT2D eigenvalue weighted by Crippen LogP contribution is 2.04. The van der Waals surface area contributed by atoms with Gasteiger partial charge in [0, 0.05) is 24.9 Å². The Hall–Kier alpha value is -1.42. The third-order valence-corrected chi connectivity index (χ3v) is 1.79. The van der Waals surface area contributed by atoms with Crippen LogP contribution in [0.15, 0.2) is 24.5 Å². The quantitative estimate of drug-likeness (QED) is 0.732. The van der Waals surface area contributed by atoms with Crippen LogP contribution >= 0.6 is 0 Å². The lowest BCUT2D eigenvalue weighted by atomic mass is 10.2.